The fourth-order valence-electron chi connectivity index (χ4n) is 5.54. The summed E-state index contributed by atoms with van der Waals surface area (Å²) in [5.41, 5.74) is 4.86. The lowest BCUT2D eigenvalue weighted by atomic mass is 9.62. The quantitative estimate of drug-likeness (QED) is 0.237. The number of rotatable bonds is 9. The van der Waals surface area contributed by atoms with Gasteiger partial charge in [0.25, 0.3) is 5.56 Å². The molecule has 3 nitrogen and oxygen atoms in total. The molecule has 4 heteroatoms. The van der Waals surface area contributed by atoms with Gasteiger partial charge in [0.2, 0.25) is 0 Å². The van der Waals surface area contributed by atoms with Crippen LogP contribution in [0, 0.1) is 0 Å². The molecule has 2 aromatic rings. The van der Waals surface area contributed by atoms with Gasteiger partial charge in [-0.05, 0) is 37.7 Å². The summed E-state index contributed by atoms with van der Waals surface area (Å²) in [6.45, 7) is 5.25. The average molecular weight is 439 g/mol. The van der Waals surface area contributed by atoms with Gasteiger partial charge < -0.3 is 0 Å². The molecule has 0 aliphatic heterocycles. The zero-order valence-corrected chi connectivity index (χ0v) is 20.2. The van der Waals surface area contributed by atoms with Gasteiger partial charge in [-0.2, -0.15) is 0 Å². The molecule has 31 heavy (non-hydrogen) atoms. The van der Waals surface area contributed by atoms with E-state index in [4.69, 9.17) is 4.98 Å². The number of fused-ring (bicyclic) bond motifs is 4. The molecule has 0 atom stereocenters. The zero-order chi connectivity index (χ0) is 21.7. The molecular formula is C27H38N2OS. The highest BCUT2D eigenvalue weighted by Gasteiger charge is 2.43. The lowest BCUT2D eigenvalue weighted by molar-refractivity contribution is 0.281. The maximum absolute atomic E-state index is 14.1. The second-order valence-electron chi connectivity index (χ2n) is 9.51. The van der Waals surface area contributed by atoms with Gasteiger partial charge in [0.15, 0.2) is 5.16 Å². The van der Waals surface area contributed by atoms with Gasteiger partial charge in [-0.15, -0.1) is 0 Å². The van der Waals surface area contributed by atoms with Crippen molar-refractivity contribution in [2.75, 3.05) is 5.75 Å². The Kier molecular flexibility index (Phi) is 7.58. The van der Waals surface area contributed by atoms with Crippen molar-refractivity contribution in [1.82, 2.24) is 9.55 Å². The molecule has 0 unspecified atom stereocenters. The summed E-state index contributed by atoms with van der Waals surface area (Å²) in [4.78, 5) is 19.3. The number of nitrogens with zero attached hydrogens (tertiary/aromatic N) is 2. The Labute approximate surface area is 192 Å². The summed E-state index contributed by atoms with van der Waals surface area (Å²) >= 11 is 1.80. The van der Waals surface area contributed by atoms with E-state index in [1.807, 2.05) is 4.57 Å². The number of thioether (sulfide) groups is 1. The van der Waals surface area contributed by atoms with E-state index >= 15 is 0 Å². The van der Waals surface area contributed by atoms with Crippen molar-refractivity contribution in [2.24, 2.45) is 0 Å². The van der Waals surface area contributed by atoms with Crippen LogP contribution in [0.15, 0.2) is 34.2 Å². The molecule has 0 saturated heterocycles. The SMILES string of the molecule is CCCCCCSc1nc2c(c(=O)n1CCCC)C1(CCCCC1)Cc1ccccc1-2. The molecule has 1 fully saturated rings. The van der Waals surface area contributed by atoms with Crippen LogP contribution in [0.1, 0.15) is 95.6 Å². The van der Waals surface area contributed by atoms with Crippen molar-refractivity contribution >= 4 is 11.8 Å². The largest absolute Gasteiger partial charge is 0.287 e. The van der Waals surface area contributed by atoms with E-state index in [0.29, 0.717) is 0 Å². The van der Waals surface area contributed by atoms with Gasteiger partial charge in [0.1, 0.15) is 0 Å². The van der Waals surface area contributed by atoms with E-state index in [2.05, 4.69) is 38.1 Å². The van der Waals surface area contributed by atoms with Gasteiger partial charge in [0.05, 0.1) is 11.3 Å². The van der Waals surface area contributed by atoms with Gasteiger partial charge in [-0.1, -0.05) is 94.8 Å². The Morgan fingerprint density at radius 3 is 2.55 bits per heavy atom. The molecular weight excluding hydrogens is 400 g/mol. The fourth-order valence-corrected chi connectivity index (χ4v) is 6.55. The molecule has 1 aromatic carbocycles. The third-order valence-corrected chi connectivity index (χ3v) is 8.30. The highest BCUT2D eigenvalue weighted by molar-refractivity contribution is 7.99. The summed E-state index contributed by atoms with van der Waals surface area (Å²) < 4.78 is 2.04. The van der Waals surface area contributed by atoms with Crippen molar-refractivity contribution in [3.63, 3.8) is 0 Å². The van der Waals surface area contributed by atoms with Gasteiger partial charge in [0, 0.05) is 23.3 Å². The third kappa shape index (κ3) is 4.65. The lowest BCUT2D eigenvalue weighted by Gasteiger charge is -2.42. The molecule has 0 bridgehead atoms. The van der Waals surface area contributed by atoms with E-state index in [9.17, 15) is 4.79 Å². The van der Waals surface area contributed by atoms with Crippen LogP contribution in [0.2, 0.25) is 0 Å². The monoisotopic (exact) mass is 438 g/mol. The number of unbranched alkanes of at least 4 members (excludes halogenated alkanes) is 4. The summed E-state index contributed by atoms with van der Waals surface area (Å²) in [6, 6.07) is 8.69. The minimum absolute atomic E-state index is 0.00962. The zero-order valence-electron chi connectivity index (χ0n) is 19.4. The van der Waals surface area contributed by atoms with Crippen molar-refractivity contribution in [3.8, 4) is 11.3 Å². The van der Waals surface area contributed by atoms with Gasteiger partial charge in [-0.3, -0.25) is 9.36 Å². The molecule has 0 radical (unpaired) electrons. The first-order valence-electron chi connectivity index (χ1n) is 12.6. The van der Waals surface area contributed by atoms with Crippen molar-refractivity contribution < 1.29 is 0 Å². The second-order valence-corrected chi connectivity index (χ2v) is 10.6. The summed E-state index contributed by atoms with van der Waals surface area (Å²) in [5.74, 6) is 1.05. The van der Waals surface area contributed by atoms with Crippen LogP contribution in [0.4, 0.5) is 0 Å². The number of benzene rings is 1. The van der Waals surface area contributed by atoms with Crippen LogP contribution >= 0.6 is 11.8 Å². The van der Waals surface area contributed by atoms with Gasteiger partial charge in [-0.25, -0.2) is 4.98 Å². The first-order valence-corrected chi connectivity index (χ1v) is 13.5. The lowest BCUT2D eigenvalue weighted by Crippen LogP contribution is -2.43. The summed E-state index contributed by atoms with van der Waals surface area (Å²) in [5, 5.41) is 0.941. The Hall–Kier alpha value is -1.55. The molecule has 1 heterocycles. The number of hydrogen-bond acceptors (Lipinski definition) is 3. The molecule has 1 saturated carbocycles. The molecule has 0 N–H and O–H groups in total. The molecule has 1 aromatic heterocycles. The van der Waals surface area contributed by atoms with Crippen LogP contribution in [0.3, 0.4) is 0 Å². The predicted octanol–water partition coefficient (Wildman–Crippen LogP) is 7.14. The average Bonchev–Trinajstić information content (AvgIpc) is 2.79. The molecule has 168 valence electrons. The smallest absolute Gasteiger partial charge is 0.258 e. The fraction of sp³-hybridized carbons (Fsp3) is 0.630. The van der Waals surface area contributed by atoms with E-state index in [0.717, 1.165) is 60.8 Å². The summed E-state index contributed by atoms with van der Waals surface area (Å²) in [6.07, 6.45) is 14.1. The maximum atomic E-state index is 14.1. The third-order valence-electron chi connectivity index (χ3n) is 7.24. The van der Waals surface area contributed by atoms with E-state index in [1.165, 1.54) is 56.1 Å². The second kappa shape index (κ2) is 10.4. The van der Waals surface area contributed by atoms with Crippen LogP contribution in [-0.2, 0) is 18.4 Å². The molecule has 2 aliphatic carbocycles. The molecule has 1 spiro atoms. The highest BCUT2D eigenvalue weighted by Crippen LogP contribution is 2.48. The van der Waals surface area contributed by atoms with E-state index in [-0.39, 0.29) is 11.0 Å². The predicted molar refractivity (Wildman–Crippen MR) is 132 cm³/mol. The first kappa shape index (κ1) is 22.6. The van der Waals surface area contributed by atoms with Crippen LogP contribution in [0.5, 0.6) is 0 Å². The molecule has 4 rings (SSSR count). The standard InChI is InChI=1S/C27H38N2OS/c1-3-5-7-13-19-31-26-28-24-22-15-10-9-14-21(22)20-27(16-11-8-12-17-27)23(24)25(30)29(26)18-6-4-2/h9-10,14-15H,3-8,11-13,16-20H2,1-2H3. The highest BCUT2D eigenvalue weighted by atomic mass is 32.2. The Bertz CT molecular complexity index is 943. The van der Waals surface area contributed by atoms with E-state index in [1.54, 1.807) is 11.8 Å². The van der Waals surface area contributed by atoms with Crippen molar-refractivity contribution in [1.29, 1.82) is 0 Å². The Morgan fingerprint density at radius 2 is 1.77 bits per heavy atom. The molecule has 2 aliphatic rings. The minimum Gasteiger partial charge on any atom is -0.287 e. The first-order chi connectivity index (χ1) is 15.2. The Morgan fingerprint density at radius 1 is 1.00 bits per heavy atom. The van der Waals surface area contributed by atoms with Gasteiger partial charge >= 0.3 is 0 Å². The van der Waals surface area contributed by atoms with Crippen LogP contribution < -0.4 is 5.56 Å². The van der Waals surface area contributed by atoms with Crippen LogP contribution in [-0.4, -0.2) is 15.3 Å². The maximum Gasteiger partial charge on any atom is 0.258 e. The minimum atomic E-state index is -0.00962. The van der Waals surface area contributed by atoms with Crippen molar-refractivity contribution in [2.45, 2.75) is 108 Å². The number of hydrogen-bond donors (Lipinski definition) is 0. The summed E-state index contributed by atoms with van der Waals surface area (Å²) in [7, 11) is 0. The number of aromatic nitrogens is 2. The van der Waals surface area contributed by atoms with E-state index < -0.39 is 0 Å². The topological polar surface area (TPSA) is 34.9 Å². The Balaban J connectivity index is 1.80. The molecule has 0 amide bonds. The van der Waals surface area contributed by atoms with Crippen LogP contribution in [0.25, 0.3) is 11.3 Å². The normalized spacial score (nSPS) is 16.8. The van der Waals surface area contributed by atoms with Crippen molar-refractivity contribution in [3.05, 3.63) is 45.7 Å².